The van der Waals surface area contributed by atoms with E-state index in [4.69, 9.17) is 9.47 Å². The number of hydrogen-bond acceptors (Lipinski definition) is 2. The third kappa shape index (κ3) is 6.11. The minimum Gasteiger partial charge on any atom is -0.473 e. The van der Waals surface area contributed by atoms with Gasteiger partial charge in [-0.3, -0.25) is 0 Å². The van der Waals surface area contributed by atoms with Crippen LogP contribution in [0.1, 0.15) is 65.2 Å². The van der Waals surface area contributed by atoms with Crippen LogP contribution >= 0.6 is 0 Å². The summed E-state index contributed by atoms with van der Waals surface area (Å²) in [5.41, 5.74) is 0. The van der Waals surface area contributed by atoms with Gasteiger partial charge in [-0.05, 0) is 25.3 Å². The third-order valence-electron chi connectivity index (χ3n) is 3.34. The van der Waals surface area contributed by atoms with Crippen molar-refractivity contribution in [2.24, 2.45) is 5.92 Å². The van der Waals surface area contributed by atoms with Gasteiger partial charge in [0.05, 0.1) is 12.9 Å². The molecule has 0 bridgehead atoms. The summed E-state index contributed by atoms with van der Waals surface area (Å²) < 4.78 is 11.4. The van der Waals surface area contributed by atoms with Gasteiger partial charge in [0.2, 0.25) is 6.29 Å². The number of rotatable bonds is 9. The highest BCUT2D eigenvalue weighted by Gasteiger charge is 2.23. The largest absolute Gasteiger partial charge is 0.473 e. The van der Waals surface area contributed by atoms with Crippen LogP contribution in [0, 0.1) is 5.92 Å². The van der Waals surface area contributed by atoms with Crippen molar-refractivity contribution < 1.29 is 9.47 Å². The zero-order valence-electron chi connectivity index (χ0n) is 11.5. The maximum absolute atomic E-state index is 5.82. The fourth-order valence-corrected chi connectivity index (χ4v) is 2.19. The monoisotopic (exact) mass is 240 g/mol. The second-order valence-electron chi connectivity index (χ2n) is 4.95. The molecule has 0 fully saturated rings. The van der Waals surface area contributed by atoms with Gasteiger partial charge in [0.1, 0.15) is 0 Å². The van der Waals surface area contributed by atoms with Gasteiger partial charge >= 0.3 is 0 Å². The fourth-order valence-electron chi connectivity index (χ4n) is 2.19. The molecule has 1 rings (SSSR count). The van der Waals surface area contributed by atoms with Gasteiger partial charge in [-0.25, -0.2) is 0 Å². The van der Waals surface area contributed by atoms with Crippen molar-refractivity contribution in [2.75, 3.05) is 6.61 Å². The zero-order valence-corrected chi connectivity index (χ0v) is 11.5. The molecule has 0 aromatic rings. The molecule has 0 saturated carbocycles. The highest BCUT2D eigenvalue weighted by molar-refractivity contribution is 4.85. The third-order valence-corrected chi connectivity index (χ3v) is 3.34. The van der Waals surface area contributed by atoms with Crippen LogP contribution in [0.4, 0.5) is 0 Å². The normalized spacial score (nSPS) is 23.6. The Labute approximate surface area is 106 Å². The van der Waals surface area contributed by atoms with Crippen molar-refractivity contribution in [3.63, 3.8) is 0 Å². The lowest BCUT2D eigenvalue weighted by atomic mass is 9.95. The average molecular weight is 240 g/mol. The molecule has 2 heteroatoms. The summed E-state index contributed by atoms with van der Waals surface area (Å²) in [4.78, 5) is 0. The lowest BCUT2D eigenvalue weighted by molar-refractivity contribution is -0.148. The minimum absolute atomic E-state index is 0.00757. The van der Waals surface area contributed by atoms with Crippen molar-refractivity contribution in [3.8, 4) is 0 Å². The first-order valence-electron chi connectivity index (χ1n) is 7.30. The van der Waals surface area contributed by atoms with E-state index in [2.05, 4.69) is 19.9 Å². The molecule has 17 heavy (non-hydrogen) atoms. The summed E-state index contributed by atoms with van der Waals surface area (Å²) in [5.74, 6) is 0.564. The van der Waals surface area contributed by atoms with Gasteiger partial charge in [-0.15, -0.1) is 0 Å². The Morgan fingerprint density at radius 1 is 1.12 bits per heavy atom. The van der Waals surface area contributed by atoms with E-state index in [1.165, 1.54) is 38.5 Å². The first kappa shape index (κ1) is 14.6. The van der Waals surface area contributed by atoms with E-state index >= 15 is 0 Å². The molecule has 2 nitrogen and oxygen atoms in total. The molecular weight excluding hydrogens is 212 g/mol. The minimum atomic E-state index is 0.00757. The molecule has 2 atom stereocenters. The SMILES string of the molecule is CCCCCCC1CC=COC1OCCCC. The summed E-state index contributed by atoms with van der Waals surface area (Å²) >= 11 is 0. The molecule has 1 aliphatic rings. The first-order chi connectivity index (χ1) is 8.38. The topological polar surface area (TPSA) is 18.5 Å². The Kier molecular flexibility index (Phi) is 8.16. The first-order valence-corrected chi connectivity index (χ1v) is 7.30. The van der Waals surface area contributed by atoms with Gasteiger partial charge in [-0.2, -0.15) is 0 Å². The molecule has 0 amide bonds. The molecule has 0 aromatic carbocycles. The molecular formula is C15H28O2. The Bertz CT molecular complexity index is 201. The smallest absolute Gasteiger partial charge is 0.202 e. The van der Waals surface area contributed by atoms with E-state index in [1.807, 2.05) is 0 Å². The van der Waals surface area contributed by atoms with Gasteiger partial charge in [-0.1, -0.05) is 46.0 Å². The van der Waals surface area contributed by atoms with Crippen LogP contribution in [0.15, 0.2) is 12.3 Å². The van der Waals surface area contributed by atoms with E-state index in [9.17, 15) is 0 Å². The van der Waals surface area contributed by atoms with Gasteiger partial charge in [0.25, 0.3) is 0 Å². The Hall–Kier alpha value is -0.500. The molecule has 0 radical (unpaired) electrons. The van der Waals surface area contributed by atoms with E-state index < -0.39 is 0 Å². The standard InChI is InChI=1S/C15H28O2/c1-3-5-7-8-10-14-11-9-13-17-15(14)16-12-6-4-2/h9,13-15H,3-8,10-12H2,1-2H3. The van der Waals surface area contributed by atoms with Crippen LogP contribution in [0.25, 0.3) is 0 Å². The maximum atomic E-state index is 5.82. The van der Waals surface area contributed by atoms with Crippen LogP contribution < -0.4 is 0 Å². The molecule has 0 N–H and O–H groups in total. The lowest BCUT2D eigenvalue weighted by Gasteiger charge is -2.28. The molecule has 1 aliphatic heterocycles. The summed E-state index contributed by atoms with van der Waals surface area (Å²) in [6.45, 7) is 5.27. The molecule has 2 unspecified atom stereocenters. The Balaban J connectivity index is 2.20. The second-order valence-corrected chi connectivity index (χ2v) is 4.95. The van der Waals surface area contributed by atoms with Crippen molar-refractivity contribution in [1.82, 2.24) is 0 Å². The Morgan fingerprint density at radius 3 is 2.71 bits per heavy atom. The van der Waals surface area contributed by atoms with Crippen molar-refractivity contribution >= 4 is 0 Å². The summed E-state index contributed by atoms with van der Waals surface area (Å²) in [6, 6.07) is 0. The molecule has 1 heterocycles. The van der Waals surface area contributed by atoms with Gasteiger partial charge < -0.3 is 9.47 Å². The van der Waals surface area contributed by atoms with Gasteiger partial charge in [0, 0.05) is 5.92 Å². The van der Waals surface area contributed by atoms with Crippen molar-refractivity contribution in [3.05, 3.63) is 12.3 Å². The lowest BCUT2D eigenvalue weighted by Crippen LogP contribution is -2.28. The quantitative estimate of drug-likeness (QED) is 0.546. The fraction of sp³-hybridized carbons (Fsp3) is 0.867. The molecule has 0 spiro atoms. The van der Waals surface area contributed by atoms with E-state index in [0.717, 1.165) is 19.4 Å². The zero-order chi connectivity index (χ0) is 12.3. The summed E-state index contributed by atoms with van der Waals surface area (Å²) in [6.07, 6.45) is 13.9. The molecule has 100 valence electrons. The highest BCUT2D eigenvalue weighted by Crippen LogP contribution is 2.25. The van der Waals surface area contributed by atoms with Crippen LogP contribution in [0.3, 0.4) is 0 Å². The predicted octanol–water partition coefficient (Wildman–Crippen LogP) is 4.65. The van der Waals surface area contributed by atoms with Crippen LogP contribution in [0.5, 0.6) is 0 Å². The highest BCUT2D eigenvalue weighted by atomic mass is 16.7. The van der Waals surface area contributed by atoms with E-state index in [-0.39, 0.29) is 6.29 Å². The average Bonchev–Trinajstić information content (AvgIpc) is 2.36. The van der Waals surface area contributed by atoms with Gasteiger partial charge in [0.15, 0.2) is 0 Å². The van der Waals surface area contributed by atoms with Crippen LogP contribution in [-0.2, 0) is 9.47 Å². The molecule has 0 aromatic heterocycles. The van der Waals surface area contributed by atoms with E-state index in [0.29, 0.717) is 5.92 Å². The number of unbranched alkanes of at least 4 members (excludes halogenated alkanes) is 4. The van der Waals surface area contributed by atoms with Crippen LogP contribution in [-0.4, -0.2) is 12.9 Å². The summed E-state index contributed by atoms with van der Waals surface area (Å²) in [5, 5.41) is 0. The number of allylic oxidation sites excluding steroid dienone is 1. The molecule has 0 aliphatic carbocycles. The van der Waals surface area contributed by atoms with Crippen LogP contribution in [0.2, 0.25) is 0 Å². The predicted molar refractivity (Wildman–Crippen MR) is 71.7 cm³/mol. The second kappa shape index (κ2) is 9.52. The number of hydrogen-bond donors (Lipinski definition) is 0. The maximum Gasteiger partial charge on any atom is 0.202 e. The summed E-state index contributed by atoms with van der Waals surface area (Å²) in [7, 11) is 0. The molecule has 0 saturated heterocycles. The Morgan fingerprint density at radius 2 is 1.94 bits per heavy atom. The van der Waals surface area contributed by atoms with Crippen molar-refractivity contribution in [2.45, 2.75) is 71.5 Å². The van der Waals surface area contributed by atoms with Crippen molar-refractivity contribution in [1.29, 1.82) is 0 Å². The van der Waals surface area contributed by atoms with E-state index in [1.54, 1.807) is 6.26 Å². The number of ether oxygens (including phenoxy) is 2.